The second-order valence-electron chi connectivity index (χ2n) is 10.5. The minimum absolute atomic E-state index is 0.156. The summed E-state index contributed by atoms with van der Waals surface area (Å²) in [5.41, 5.74) is 3.00. The second-order valence-corrected chi connectivity index (χ2v) is 12.1. The zero-order chi connectivity index (χ0) is 21.7. The molecule has 0 unspecified atom stereocenters. The summed E-state index contributed by atoms with van der Waals surface area (Å²) in [7, 11) is -3.90. The van der Waals surface area contributed by atoms with Crippen molar-refractivity contribution < 1.29 is 17.5 Å². The van der Waals surface area contributed by atoms with E-state index in [1.807, 2.05) is 0 Å². The van der Waals surface area contributed by atoms with Gasteiger partial charge in [0, 0.05) is 12.0 Å². The van der Waals surface area contributed by atoms with E-state index in [4.69, 9.17) is 0 Å². The molecular formula is C26H40NO3S+. The summed E-state index contributed by atoms with van der Waals surface area (Å²) in [6.45, 7) is 1.67. The third kappa shape index (κ3) is 6.19. The molecule has 4 nitrogen and oxygen atoms in total. The number of benzene rings is 1. The van der Waals surface area contributed by atoms with E-state index in [1.165, 1.54) is 88.2 Å². The van der Waals surface area contributed by atoms with Gasteiger partial charge in [-0.2, -0.15) is 8.42 Å². The van der Waals surface area contributed by atoms with E-state index in [1.54, 1.807) is 0 Å². The molecule has 2 aliphatic carbocycles. The molecule has 0 atom stereocenters. The van der Waals surface area contributed by atoms with Crippen LogP contribution in [-0.2, 0) is 15.5 Å². The van der Waals surface area contributed by atoms with Crippen molar-refractivity contribution in [2.45, 2.75) is 88.9 Å². The van der Waals surface area contributed by atoms with Crippen molar-refractivity contribution >= 4 is 16.3 Å². The molecule has 1 aromatic rings. The molecule has 1 aliphatic heterocycles. The van der Waals surface area contributed by atoms with Crippen LogP contribution in [0.4, 0.5) is 0 Å². The molecule has 172 valence electrons. The van der Waals surface area contributed by atoms with Gasteiger partial charge in [-0.25, -0.2) is 4.58 Å². The molecule has 1 aromatic carbocycles. The number of fused-ring (bicyclic) bond motifs is 1. The first-order chi connectivity index (χ1) is 14.9. The summed E-state index contributed by atoms with van der Waals surface area (Å²) in [6, 6.07) is 8.94. The number of hydrogen-bond donors (Lipinski definition) is 1. The van der Waals surface area contributed by atoms with Crippen LogP contribution < -0.4 is 0 Å². The normalized spacial score (nSPS) is 22.7. The van der Waals surface area contributed by atoms with Gasteiger partial charge in [0.15, 0.2) is 12.8 Å². The molecule has 0 radical (unpaired) electrons. The summed E-state index contributed by atoms with van der Waals surface area (Å²) in [5, 5.41) is 0. The Morgan fingerprint density at radius 1 is 0.903 bits per heavy atom. The molecule has 0 spiro atoms. The lowest BCUT2D eigenvalue weighted by molar-refractivity contribution is -0.535. The second kappa shape index (κ2) is 10.2. The molecule has 0 amide bonds. The molecule has 31 heavy (non-hydrogen) atoms. The van der Waals surface area contributed by atoms with Crippen LogP contribution in [0.2, 0.25) is 0 Å². The summed E-state index contributed by atoms with van der Waals surface area (Å²) in [5.74, 6) is 1.46. The van der Waals surface area contributed by atoms with Gasteiger partial charge in [-0.3, -0.25) is 4.55 Å². The topological polar surface area (TPSA) is 57.4 Å². The predicted octanol–water partition coefficient (Wildman–Crippen LogP) is 5.59. The largest absolute Gasteiger partial charge is 0.286 e. The Balaban J connectivity index is 1.62. The van der Waals surface area contributed by atoms with Gasteiger partial charge in [0.1, 0.15) is 6.54 Å². The Hall–Kier alpha value is -1.20. The highest BCUT2D eigenvalue weighted by Crippen LogP contribution is 2.46. The standard InChI is InChI=1S/C26H39NO3S/c28-31(29,30)17-9-16-27-20-24-14-7-8-15-25(24)26(21-27,18-22-10-3-1-4-11-22)19-23-12-5-2-6-13-23/h7-8,14-15,20,22-23H,1-6,9-13,16-19,21H2/p+1. The zero-order valence-electron chi connectivity index (χ0n) is 19.0. The number of nitrogens with zero attached hydrogens (tertiary/aromatic N) is 1. The van der Waals surface area contributed by atoms with Gasteiger partial charge in [-0.05, 0) is 36.3 Å². The Labute approximate surface area is 188 Å². The molecule has 2 saturated carbocycles. The zero-order valence-corrected chi connectivity index (χ0v) is 19.8. The SMILES string of the molecule is O=S(=O)(O)CCC[N+]1=Cc2ccccc2C(CC2CCCCC2)(CC2CCCCC2)C1. The average molecular weight is 447 g/mol. The van der Waals surface area contributed by atoms with Crippen molar-refractivity contribution in [3.05, 3.63) is 35.4 Å². The Morgan fingerprint density at radius 2 is 1.48 bits per heavy atom. The molecule has 0 saturated heterocycles. The monoisotopic (exact) mass is 446 g/mol. The first-order valence-electron chi connectivity index (χ1n) is 12.6. The first kappa shape index (κ1) is 23.0. The predicted molar refractivity (Wildman–Crippen MR) is 127 cm³/mol. The van der Waals surface area contributed by atoms with E-state index < -0.39 is 10.1 Å². The van der Waals surface area contributed by atoms with Gasteiger partial charge in [0.05, 0.1) is 11.2 Å². The molecule has 1 heterocycles. The summed E-state index contributed by atoms with van der Waals surface area (Å²) < 4.78 is 34.0. The Bertz CT molecular complexity index is 844. The fourth-order valence-corrected chi connectivity index (χ4v) is 7.22. The van der Waals surface area contributed by atoms with Crippen LogP contribution in [0.25, 0.3) is 0 Å². The van der Waals surface area contributed by atoms with Crippen molar-refractivity contribution in [2.75, 3.05) is 18.8 Å². The summed E-state index contributed by atoms with van der Waals surface area (Å²) in [4.78, 5) is 0. The Morgan fingerprint density at radius 3 is 2.06 bits per heavy atom. The fourth-order valence-electron chi connectivity index (χ4n) is 6.72. The van der Waals surface area contributed by atoms with E-state index >= 15 is 0 Å². The highest BCUT2D eigenvalue weighted by molar-refractivity contribution is 7.85. The van der Waals surface area contributed by atoms with Gasteiger partial charge < -0.3 is 0 Å². The quantitative estimate of drug-likeness (QED) is 0.418. The lowest BCUT2D eigenvalue weighted by atomic mass is 9.63. The first-order valence-corrected chi connectivity index (χ1v) is 14.2. The molecular weight excluding hydrogens is 406 g/mol. The fraction of sp³-hybridized carbons (Fsp3) is 0.731. The minimum Gasteiger partial charge on any atom is -0.286 e. The van der Waals surface area contributed by atoms with Crippen molar-refractivity contribution in [1.29, 1.82) is 0 Å². The van der Waals surface area contributed by atoms with Crippen LogP contribution in [0.1, 0.15) is 94.6 Å². The highest BCUT2D eigenvalue weighted by atomic mass is 32.2. The van der Waals surface area contributed by atoms with Crippen LogP contribution in [0.3, 0.4) is 0 Å². The van der Waals surface area contributed by atoms with Crippen molar-refractivity contribution in [2.24, 2.45) is 11.8 Å². The summed E-state index contributed by atoms with van der Waals surface area (Å²) in [6.07, 6.45) is 18.9. The Kier molecular flexibility index (Phi) is 7.53. The van der Waals surface area contributed by atoms with Crippen LogP contribution in [0.15, 0.2) is 24.3 Å². The van der Waals surface area contributed by atoms with Gasteiger partial charge in [-0.15, -0.1) is 0 Å². The number of rotatable bonds is 8. The van der Waals surface area contributed by atoms with Crippen molar-refractivity contribution in [3.8, 4) is 0 Å². The van der Waals surface area contributed by atoms with E-state index in [2.05, 4.69) is 35.1 Å². The van der Waals surface area contributed by atoms with Gasteiger partial charge in [0.2, 0.25) is 0 Å². The van der Waals surface area contributed by atoms with E-state index in [0.29, 0.717) is 13.0 Å². The molecule has 3 aliphatic rings. The van der Waals surface area contributed by atoms with Crippen molar-refractivity contribution in [1.82, 2.24) is 0 Å². The molecule has 1 N–H and O–H groups in total. The minimum atomic E-state index is -3.90. The van der Waals surface area contributed by atoms with E-state index in [-0.39, 0.29) is 11.2 Å². The lowest BCUT2D eigenvalue weighted by Gasteiger charge is -2.42. The smallest absolute Gasteiger partial charge is 0.265 e. The third-order valence-electron chi connectivity index (χ3n) is 8.02. The molecule has 0 bridgehead atoms. The lowest BCUT2D eigenvalue weighted by Crippen LogP contribution is -2.45. The molecule has 4 rings (SSSR count). The van der Waals surface area contributed by atoms with Gasteiger partial charge >= 0.3 is 0 Å². The van der Waals surface area contributed by atoms with Crippen LogP contribution in [-0.4, -0.2) is 42.6 Å². The van der Waals surface area contributed by atoms with E-state index in [0.717, 1.165) is 18.4 Å². The van der Waals surface area contributed by atoms with Crippen molar-refractivity contribution in [3.63, 3.8) is 0 Å². The maximum atomic E-state index is 11.3. The van der Waals surface area contributed by atoms with Gasteiger partial charge in [-0.1, -0.05) is 82.4 Å². The summed E-state index contributed by atoms with van der Waals surface area (Å²) >= 11 is 0. The maximum absolute atomic E-state index is 11.3. The highest BCUT2D eigenvalue weighted by Gasteiger charge is 2.44. The van der Waals surface area contributed by atoms with Crippen LogP contribution >= 0.6 is 0 Å². The third-order valence-corrected chi connectivity index (χ3v) is 8.82. The maximum Gasteiger partial charge on any atom is 0.265 e. The van der Waals surface area contributed by atoms with Crippen LogP contribution in [0, 0.1) is 11.8 Å². The van der Waals surface area contributed by atoms with Gasteiger partial charge in [0.25, 0.3) is 10.1 Å². The molecule has 5 heteroatoms. The number of hydrogen-bond acceptors (Lipinski definition) is 2. The average Bonchev–Trinajstić information content (AvgIpc) is 2.74. The van der Waals surface area contributed by atoms with E-state index in [9.17, 15) is 13.0 Å². The molecule has 0 aromatic heterocycles. The van der Waals surface area contributed by atoms with Crippen LogP contribution in [0.5, 0.6) is 0 Å². The molecule has 2 fully saturated rings.